The van der Waals surface area contributed by atoms with E-state index in [0.29, 0.717) is 0 Å². The van der Waals surface area contributed by atoms with Crippen molar-refractivity contribution in [1.82, 2.24) is 5.43 Å². The van der Waals surface area contributed by atoms with E-state index in [1.807, 2.05) is 62.4 Å². The summed E-state index contributed by atoms with van der Waals surface area (Å²) in [6.07, 6.45) is 1.76. The number of amides is 2. The summed E-state index contributed by atoms with van der Waals surface area (Å²) in [5, 5.41) is 6.70. The topological polar surface area (TPSA) is 70.6 Å². The first-order valence-corrected chi connectivity index (χ1v) is 7.79. The molecule has 2 aromatic rings. The van der Waals surface area contributed by atoms with Crippen molar-refractivity contribution in [2.45, 2.75) is 26.7 Å². The van der Waals surface area contributed by atoms with Crippen LogP contribution in [0, 0.1) is 13.8 Å². The maximum atomic E-state index is 11.9. The van der Waals surface area contributed by atoms with Crippen molar-refractivity contribution >= 4 is 23.7 Å². The monoisotopic (exact) mass is 323 g/mol. The van der Waals surface area contributed by atoms with Gasteiger partial charge in [0.15, 0.2) is 0 Å². The van der Waals surface area contributed by atoms with E-state index in [4.69, 9.17) is 0 Å². The van der Waals surface area contributed by atoms with E-state index >= 15 is 0 Å². The predicted molar refractivity (Wildman–Crippen MR) is 96.0 cm³/mol. The molecule has 2 N–H and O–H groups in total. The van der Waals surface area contributed by atoms with Gasteiger partial charge in [-0.1, -0.05) is 42.5 Å². The summed E-state index contributed by atoms with van der Waals surface area (Å²) >= 11 is 0. The van der Waals surface area contributed by atoms with Gasteiger partial charge in [-0.05, 0) is 36.6 Å². The SMILES string of the molecule is Cc1cccc(NC(=O)CCC(=O)N/N=C/c2ccccc2)c1C. The van der Waals surface area contributed by atoms with Gasteiger partial charge in [0.05, 0.1) is 6.21 Å². The van der Waals surface area contributed by atoms with Crippen molar-refractivity contribution in [2.24, 2.45) is 5.10 Å². The minimum atomic E-state index is -0.293. The molecule has 0 aromatic heterocycles. The molecule has 2 rings (SSSR count). The Hall–Kier alpha value is -2.95. The van der Waals surface area contributed by atoms with Crippen molar-refractivity contribution in [2.75, 3.05) is 5.32 Å². The van der Waals surface area contributed by atoms with E-state index in [-0.39, 0.29) is 24.7 Å². The number of carbonyl (C=O) groups is 2. The molecule has 0 aliphatic heterocycles. The minimum Gasteiger partial charge on any atom is -0.326 e. The molecule has 5 nitrogen and oxygen atoms in total. The zero-order valence-corrected chi connectivity index (χ0v) is 13.9. The lowest BCUT2D eigenvalue weighted by atomic mass is 10.1. The Labute approximate surface area is 141 Å². The van der Waals surface area contributed by atoms with Crippen molar-refractivity contribution in [3.05, 3.63) is 65.2 Å². The van der Waals surface area contributed by atoms with Gasteiger partial charge in [0.1, 0.15) is 0 Å². The highest BCUT2D eigenvalue weighted by molar-refractivity contribution is 5.94. The van der Waals surface area contributed by atoms with Crippen molar-refractivity contribution in [1.29, 1.82) is 0 Å². The zero-order valence-electron chi connectivity index (χ0n) is 13.9. The molecule has 2 aromatic carbocycles. The van der Waals surface area contributed by atoms with Gasteiger partial charge in [-0.2, -0.15) is 5.10 Å². The normalized spacial score (nSPS) is 10.6. The van der Waals surface area contributed by atoms with Gasteiger partial charge >= 0.3 is 0 Å². The molecule has 0 saturated heterocycles. The number of aryl methyl sites for hydroxylation is 1. The Morgan fingerprint density at radius 2 is 1.67 bits per heavy atom. The number of anilines is 1. The molecule has 24 heavy (non-hydrogen) atoms. The highest BCUT2D eigenvalue weighted by atomic mass is 16.2. The second-order valence-corrected chi connectivity index (χ2v) is 5.50. The lowest BCUT2D eigenvalue weighted by molar-refractivity contribution is -0.124. The Morgan fingerprint density at radius 3 is 2.42 bits per heavy atom. The van der Waals surface area contributed by atoms with Crippen LogP contribution in [-0.4, -0.2) is 18.0 Å². The summed E-state index contributed by atoms with van der Waals surface area (Å²) < 4.78 is 0. The molecule has 0 aliphatic carbocycles. The Kier molecular flexibility index (Phi) is 6.25. The van der Waals surface area contributed by atoms with E-state index in [9.17, 15) is 9.59 Å². The van der Waals surface area contributed by atoms with Gasteiger partial charge in [0, 0.05) is 18.5 Å². The maximum Gasteiger partial charge on any atom is 0.240 e. The van der Waals surface area contributed by atoms with Crippen molar-refractivity contribution in [3.63, 3.8) is 0 Å². The number of nitrogens with zero attached hydrogens (tertiary/aromatic N) is 1. The Bertz CT molecular complexity index is 740. The second kappa shape index (κ2) is 8.62. The van der Waals surface area contributed by atoms with Crippen LogP contribution in [0.2, 0.25) is 0 Å². The molecule has 0 atom stereocenters. The smallest absolute Gasteiger partial charge is 0.240 e. The first-order chi connectivity index (χ1) is 11.6. The number of carbonyl (C=O) groups excluding carboxylic acids is 2. The molecule has 2 amide bonds. The first kappa shape index (κ1) is 17.4. The fraction of sp³-hybridized carbons (Fsp3) is 0.211. The van der Waals surface area contributed by atoms with E-state index in [0.717, 1.165) is 22.4 Å². The minimum absolute atomic E-state index is 0.0861. The summed E-state index contributed by atoms with van der Waals surface area (Å²) in [6.45, 7) is 3.94. The van der Waals surface area contributed by atoms with Gasteiger partial charge in [-0.25, -0.2) is 5.43 Å². The zero-order chi connectivity index (χ0) is 17.4. The van der Waals surface area contributed by atoms with Gasteiger partial charge in [-0.15, -0.1) is 0 Å². The Balaban J connectivity index is 1.76. The quantitative estimate of drug-likeness (QED) is 0.633. The number of hydrogen-bond donors (Lipinski definition) is 2. The standard InChI is InChI=1S/C19H21N3O2/c1-14-7-6-10-17(15(14)2)21-18(23)11-12-19(24)22-20-13-16-8-4-3-5-9-16/h3-10,13H,11-12H2,1-2H3,(H,21,23)(H,22,24)/b20-13+. The largest absolute Gasteiger partial charge is 0.326 e. The number of hydrazone groups is 1. The molecule has 0 spiro atoms. The van der Waals surface area contributed by atoms with Crippen LogP contribution in [0.15, 0.2) is 53.6 Å². The van der Waals surface area contributed by atoms with Crippen LogP contribution in [0.1, 0.15) is 29.5 Å². The Morgan fingerprint density at radius 1 is 0.958 bits per heavy atom. The fourth-order valence-electron chi connectivity index (χ4n) is 2.10. The fourth-order valence-corrected chi connectivity index (χ4v) is 2.10. The highest BCUT2D eigenvalue weighted by Crippen LogP contribution is 2.18. The third kappa shape index (κ3) is 5.35. The van der Waals surface area contributed by atoms with Gasteiger partial charge in [-0.3, -0.25) is 9.59 Å². The van der Waals surface area contributed by atoms with Crippen LogP contribution < -0.4 is 10.7 Å². The summed E-state index contributed by atoms with van der Waals surface area (Å²) in [5.41, 5.74) is 6.24. The second-order valence-electron chi connectivity index (χ2n) is 5.50. The van der Waals surface area contributed by atoms with Crippen molar-refractivity contribution < 1.29 is 9.59 Å². The summed E-state index contributed by atoms with van der Waals surface area (Å²) in [5.74, 6) is -0.482. The third-order valence-corrected chi connectivity index (χ3v) is 3.66. The molecular formula is C19H21N3O2. The molecule has 0 unspecified atom stereocenters. The first-order valence-electron chi connectivity index (χ1n) is 7.79. The molecule has 5 heteroatoms. The lowest BCUT2D eigenvalue weighted by Gasteiger charge is -2.10. The maximum absolute atomic E-state index is 11.9. The van der Waals surface area contributed by atoms with E-state index in [2.05, 4.69) is 15.8 Å². The molecule has 124 valence electrons. The molecule has 0 radical (unpaired) electrons. The average Bonchev–Trinajstić information content (AvgIpc) is 2.58. The van der Waals surface area contributed by atoms with Crippen LogP contribution in [0.5, 0.6) is 0 Å². The van der Waals surface area contributed by atoms with E-state index in [1.165, 1.54) is 0 Å². The molecule has 0 fully saturated rings. The van der Waals surface area contributed by atoms with Gasteiger partial charge < -0.3 is 5.32 Å². The van der Waals surface area contributed by atoms with Crippen molar-refractivity contribution in [3.8, 4) is 0 Å². The number of nitrogens with one attached hydrogen (secondary N) is 2. The molecule has 0 heterocycles. The van der Waals surface area contributed by atoms with Gasteiger partial charge in [0.25, 0.3) is 0 Å². The number of benzene rings is 2. The molecule has 0 saturated carbocycles. The predicted octanol–water partition coefficient (Wildman–Crippen LogP) is 3.17. The lowest BCUT2D eigenvalue weighted by Crippen LogP contribution is -2.21. The van der Waals surface area contributed by atoms with Gasteiger partial charge in [0.2, 0.25) is 11.8 Å². The van der Waals surface area contributed by atoms with Crippen LogP contribution in [0.25, 0.3) is 0 Å². The van der Waals surface area contributed by atoms with E-state index in [1.54, 1.807) is 6.21 Å². The molecule has 0 aliphatic rings. The van der Waals surface area contributed by atoms with Crippen LogP contribution in [-0.2, 0) is 9.59 Å². The number of hydrogen-bond acceptors (Lipinski definition) is 3. The summed E-state index contributed by atoms with van der Waals surface area (Å²) in [7, 11) is 0. The highest BCUT2D eigenvalue weighted by Gasteiger charge is 2.08. The summed E-state index contributed by atoms with van der Waals surface area (Å²) in [6, 6.07) is 15.2. The van der Waals surface area contributed by atoms with Crippen LogP contribution in [0.3, 0.4) is 0 Å². The molecule has 0 bridgehead atoms. The van der Waals surface area contributed by atoms with Crippen LogP contribution in [0.4, 0.5) is 5.69 Å². The molecular weight excluding hydrogens is 302 g/mol. The third-order valence-electron chi connectivity index (χ3n) is 3.66. The van der Waals surface area contributed by atoms with Crippen LogP contribution >= 0.6 is 0 Å². The average molecular weight is 323 g/mol. The van der Waals surface area contributed by atoms with E-state index < -0.39 is 0 Å². The number of rotatable bonds is 6. The summed E-state index contributed by atoms with van der Waals surface area (Å²) in [4.78, 5) is 23.7.